The van der Waals surface area contributed by atoms with Crippen LogP contribution < -0.4 is 15.4 Å². The molecule has 0 spiro atoms. The molecular weight excluding hydrogens is 290 g/mol. The molecule has 5 nitrogen and oxygen atoms in total. The minimum atomic E-state index is -0.222. The molecule has 2 aromatic carbocycles. The summed E-state index contributed by atoms with van der Waals surface area (Å²) in [6, 6.07) is 15.9. The summed E-state index contributed by atoms with van der Waals surface area (Å²) in [5.74, 6) is 1.31. The van der Waals surface area contributed by atoms with E-state index in [1.54, 1.807) is 48.5 Å². The van der Waals surface area contributed by atoms with Crippen molar-refractivity contribution in [1.82, 2.24) is 5.32 Å². The topological polar surface area (TPSA) is 74.2 Å². The Balaban J connectivity index is 1.93. The molecule has 5 heteroatoms. The number of benzene rings is 2. The van der Waals surface area contributed by atoms with E-state index >= 15 is 0 Å². The first-order valence-electron chi connectivity index (χ1n) is 7.46. The first kappa shape index (κ1) is 16.4. The second-order valence-electron chi connectivity index (χ2n) is 5.17. The summed E-state index contributed by atoms with van der Waals surface area (Å²) in [6.45, 7) is 3.97. The van der Waals surface area contributed by atoms with Crippen molar-refractivity contribution in [2.24, 2.45) is 0 Å². The number of nitrogens with zero attached hydrogens (tertiary/aromatic N) is 1. The van der Waals surface area contributed by atoms with Crippen LogP contribution in [0.1, 0.15) is 25.8 Å². The van der Waals surface area contributed by atoms with Crippen molar-refractivity contribution >= 4 is 11.7 Å². The molecule has 23 heavy (non-hydrogen) atoms. The molecule has 0 saturated carbocycles. The Bertz CT molecular complexity index is 688. The highest BCUT2D eigenvalue weighted by Gasteiger charge is 2.05. The molecule has 1 unspecified atom stereocenters. The highest BCUT2D eigenvalue weighted by molar-refractivity contribution is 5.89. The Kier molecular flexibility index (Phi) is 5.59. The Hall–Kier alpha value is -3.00. The number of anilines is 1. The highest BCUT2D eigenvalue weighted by atomic mass is 16.5. The van der Waals surface area contributed by atoms with E-state index in [1.807, 2.05) is 13.8 Å². The molecule has 2 aromatic rings. The maximum absolute atomic E-state index is 11.7. The molecule has 0 saturated heterocycles. The molecule has 2 rings (SSSR count). The van der Waals surface area contributed by atoms with Gasteiger partial charge in [-0.1, -0.05) is 6.92 Å². The molecule has 0 heterocycles. The van der Waals surface area contributed by atoms with Gasteiger partial charge in [-0.25, -0.2) is 4.79 Å². The fourth-order valence-corrected chi connectivity index (χ4v) is 1.83. The van der Waals surface area contributed by atoms with Crippen molar-refractivity contribution in [3.05, 3.63) is 54.1 Å². The van der Waals surface area contributed by atoms with Gasteiger partial charge in [0, 0.05) is 11.7 Å². The summed E-state index contributed by atoms with van der Waals surface area (Å²) >= 11 is 0. The van der Waals surface area contributed by atoms with Crippen LogP contribution in [0.4, 0.5) is 10.5 Å². The Morgan fingerprint density at radius 2 is 1.70 bits per heavy atom. The van der Waals surface area contributed by atoms with E-state index in [4.69, 9.17) is 10.00 Å². The monoisotopic (exact) mass is 309 g/mol. The van der Waals surface area contributed by atoms with Crippen LogP contribution in [0, 0.1) is 11.3 Å². The number of nitriles is 1. The summed E-state index contributed by atoms with van der Waals surface area (Å²) in [5, 5.41) is 14.4. The lowest BCUT2D eigenvalue weighted by Gasteiger charge is -2.13. The summed E-state index contributed by atoms with van der Waals surface area (Å²) in [4.78, 5) is 11.7. The Morgan fingerprint density at radius 3 is 2.22 bits per heavy atom. The van der Waals surface area contributed by atoms with E-state index in [2.05, 4.69) is 16.7 Å². The summed E-state index contributed by atoms with van der Waals surface area (Å²) in [6.07, 6.45) is 0.880. The molecule has 0 aromatic heterocycles. The van der Waals surface area contributed by atoms with Gasteiger partial charge in [0.05, 0.1) is 11.6 Å². The molecule has 0 radical (unpaired) electrons. The summed E-state index contributed by atoms with van der Waals surface area (Å²) in [5.41, 5.74) is 1.28. The van der Waals surface area contributed by atoms with Gasteiger partial charge in [-0.2, -0.15) is 5.26 Å². The van der Waals surface area contributed by atoms with E-state index in [0.717, 1.165) is 6.42 Å². The van der Waals surface area contributed by atoms with Crippen LogP contribution in [0.2, 0.25) is 0 Å². The minimum Gasteiger partial charge on any atom is -0.457 e. The third-order valence-corrected chi connectivity index (χ3v) is 3.32. The van der Waals surface area contributed by atoms with Crippen molar-refractivity contribution in [1.29, 1.82) is 5.26 Å². The summed E-state index contributed by atoms with van der Waals surface area (Å²) in [7, 11) is 0. The van der Waals surface area contributed by atoms with E-state index in [-0.39, 0.29) is 12.1 Å². The zero-order chi connectivity index (χ0) is 16.7. The average Bonchev–Trinajstić information content (AvgIpc) is 2.57. The largest absolute Gasteiger partial charge is 0.457 e. The number of ether oxygens (including phenoxy) is 1. The normalized spacial score (nSPS) is 11.2. The predicted molar refractivity (Wildman–Crippen MR) is 89.6 cm³/mol. The quantitative estimate of drug-likeness (QED) is 0.866. The van der Waals surface area contributed by atoms with Gasteiger partial charge in [-0.3, -0.25) is 0 Å². The lowest BCUT2D eigenvalue weighted by molar-refractivity contribution is 0.249. The van der Waals surface area contributed by atoms with E-state index in [9.17, 15) is 4.79 Å². The molecule has 0 aliphatic carbocycles. The molecule has 0 aliphatic rings. The lowest BCUT2D eigenvalue weighted by atomic mass is 10.2. The predicted octanol–water partition coefficient (Wildman–Crippen LogP) is 4.27. The lowest BCUT2D eigenvalue weighted by Crippen LogP contribution is -2.35. The SMILES string of the molecule is CCC(C)NC(=O)Nc1ccc(Oc2ccc(C#N)cc2)cc1. The van der Waals surface area contributed by atoms with Crippen LogP contribution in [-0.4, -0.2) is 12.1 Å². The molecule has 1 atom stereocenters. The zero-order valence-corrected chi connectivity index (χ0v) is 13.2. The van der Waals surface area contributed by atoms with Crippen molar-refractivity contribution in [2.75, 3.05) is 5.32 Å². The Labute approximate surface area is 135 Å². The van der Waals surface area contributed by atoms with Gasteiger partial charge in [0.1, 0.15) is 11.5 Å². The van der Waals surface area contributed by atoms with E-state index in [0.29, 0.717) is 22.7 Å². The number of hydrogen-bond acceptors (Lipinski definition) is 3. The maximum atomic E-state index is 11.7. The van der Waals surface area contributed by atoms with Crippen molar-refractivity contribution in [3.8, 4) is 17.6 Å². The van der Waals surface area contributed by atoms with Gasteiger partial charge >= 0.3 is 6.03 Å². The first-order valence-corrected chi connectivity index (χ1v) is 7.46. The number of hydrogen-bond donors (Lipinski definition) is 2. The number of urea groups is 1. The van der Waals surface area contributed by atoms with Gasteiger partial charge in [-0.05, 0) is 61.9 Å². The summed E-state index contributed by atoms with van der Waals surface area (Å²) < 4.78 is 5.68. The van der Waals surface area contributed by atoms with Crippen LogP contribution in [0.5, 0.6) is 11.5 Å². The molecular formula is C18H19N3O2. The van der Waals surface area contributed by atoms with Crippen molar-refractivity contribution < 1.29 is 9.53 Å². The van der Waals surface area contributed by atoms with Crippen LogP contribution in [0.25, 0.3) is 0 Å². The number of carbonyl (C=O) groups is 1. The minimum absolute atomic E-state index is 0.133. The fourth-order valence-electron chi connectivity index (χ4n) is 1.83. The molecule has 0 fully saturated rings. The molecule has 2 N–H and O–H groups in total. The fraction of sp³-hybridized carbons (Fsp3) is 0.222. The second kappa shape index (κ2) is 7.85. The van der Waals surface area contributed by atoms with Crippen molar-refractivity contribution in [3.63, 3.8) is 0 Å². The smallest absolute Gasteiger partial charge is 0.319 e. The zero-order valence-electron chi connectivity index (χ0n) is 13.2. The number of carbonyl (C=O) groups excluding carboxylic acids is 1. The third-order valence-electron chi connectivity index (χ3n) is 3.32. The molecule has 2 amide bonds. The number of rotatable bonds is 5. The van der Waals surface area contributed by atoms with Crippen LogP contribution in [-0.2, 0) is 0 Å². The van der Waals surface area contributed by atoms with Crippen LogP contribution >= 0.6 is 0 Å². The van der Waals surface area contributed by atoms with Gasteiger partial charge in [-0.15, -0.1) is 0 Å². The van der Waals surface area contributed by atoms with Gasteiger partial charge < -0.3 is 15.4 Å². The van der Waals surface area contributed by atoms with Crippen molar-refractivity contribution in [2.45, 2.75) is 26.3 Å². The number of amides is 2. The Morgan fingerprint density at radius 1 is 1.13 bits per heavy atom. The van der Waals surface area contributed by atoms with Gasteiger partial charge in [0.25, 0.3) is 0 Å². The molecule has 0 aliphatic heterocycles. The van der Waals surface area contributed by atoms with Gasteiger partial charge in [0.2, 0.25) is 0 Å². The average molecular weight is 309 g/mol. The standard InChI is InChI=1S/C18H19N3O2/c1-3-13(2)20-18(22)21-15-6-10-17(11-7-15)23-16-8-4-14(12-19)5-9-16/h4-11,13H,3H2,1-2H3,(H2,20,21,22). The van der Waals surface area contributed by atoms with E-state index in [1.165, 1.54) is 0 Å². The number of nitrogens with one attached hydrogen (secondary N) is 2. The van der Waals surface area contributed by atoms with Crippen LogP contribution in [0.3, 0.4) is 0 Å². The first-order chi connectivity index (χ1) is 11.1. The second-order valence-corrected chi connectivity index (χ2v) is 5.17. The molecule has 0 bridgehead atoms. The maximum Gasteiger partial charge on any atom is 0.319 e. The van der Waals surface area contributed by atoms with E-state index < -0.39 is 0 Å². The highest BCUT2D eigenvalue weighted by Crippen LogP contribution is 2.23. The third kappa shape index (κ3) is 5.04. The van der Waals surface area contributed by atoms with Gasteiger partial charge in [0.15, 0.2) is 0 Å². The molecule has 118 valence electrons. The van der Waals surface area contributed by atoms with Crippen LogP contribution in [0.15, 0.2) is 48.5 Å².